The lowest BCUT2D eigenvalue weighted by Gasteiger charge is -2.07. The summed E-state index contributed by atoms with van der Waals surface area (Å²) in [4.78, 5) is 20.8. The standard InChI is InChI=1S/C22H21N5O3/c1-13(2)19-9-18(27-29-19)22(28)24-10-15-4-6-16(7-5-15)21-17(11-23-12-25-21)20-8-14(3)26-30-20/h4-9,11-13H,10H2,1-3H3,(H,24,28). The molecule has 0 saturated heterocycles. The minimum Gasteiger partial charge on any atom is -0.360 e. The van der Waals surface area contributed by atoms with E-state index in [1.54, 1.807) is 12.3 Å². The number of hydrogen-bond acceptors (Lipinski definition) is 7. The molecule has 0 aliphatic carbocycles. The second-order valence-corrected chi connectivity index (χ2v) is 7.27. The van der Waals surface area contributed by atoms with E-state index >= 15 is 0 Å². The predicted molar refractivity (Wildman–Crippen MR) is 109 cm³/mol. The Kier molecular flexibility index (Phi) is 5.38. The fraction of sp³-hybridized carbons (Fsp3) is 0.227. The molecule has 4 rings (SSSR count). The SMILES string of the molecule is Cc1cc(-c2cncnc2-c2ccc(CNC(=O)c3cc(C(C)C)on3)cc2)on1. The number of hydrogen-bond donors (Lipinski definition) is 1. The Hall–Kier alpha value is -3.81. The van der Waals surface area contributed by atoms with Crippen LogP contribution >= 0.6 is 0 Å². The van der Waals surface area contributed by atoms with Gasteiger partial charge in [-0.2, -0.15) is 0 Å². The van der Waals surface area contributed by atoms with Gasteiger partial charge in [-0.05, 0) is 12.5 Å². The Balaban J connectivity index is 1.47. The number of benzene rings is 1. The van der Waals surface area contributed by atoms with Gasteiger partial charge >= 0.3 is 0 Å². The maximum Gasteiger partial charge on any atom is 0.273 e. The highest BCUT2D eigenvalue weighted by molar-refractivity contribution is 5.92. The van der Waals surface area contributed by atoms with Gasteiger partial charge in [0.15, 0.2) is 11.5 Å². The number of nitrogens with zero attached hydrogens (tertiary/aromatic N) is 4. The fourth-order valence-electron chi connectivity index (χ4n) is 2.95. The summed E-state index contributed by atoms with van der Waals surface area (Å²) in [6, 6.07) is 11.3. The van der Waals surface area contributed by atoms with E-state index in [-0.39, 0.29) is 17.5 Å². The van der Waals surface area contributed by atoms with Gasteiger partial charge in [-0.3, -0.25) is 4.79 Å². The zero-order valence-electron chi connectivity index (χ0n) is 16.9. The Labute approximate surface area is 173 Å². The van der Waals surface area contributed by atoms with Crippen LogP contribution < -0.4 is 5.32 Å². The quantitative estimate of drug-likeness (QED) is 0.515. The first kappa shape index (κ1) is 19.5. The molecule has 4 aromatic rings. The molecule has 1 amide bonds. The zero-order valence-corrected chi connectivity index (χ0v) is 16.9. The molecular weight excluding hydrogens is 382 g/mol. The maximum atomic E-state index is 12.3. The molecule has 1 N–H and O–H groups in total. The minimum absolute atomic E-state index is 0.180. The van der Waals surface area contributed by atoms with Gasteiger partial charge in [0.2, 0.25) is 0 Å². The van der Waals surface area contributed by atoms with Crippen molar-refractivity contribution in [2.75, 3.05) is 0 Å². The molecule has 0 unspecified atom stereocenters. The fourth-order valence-corrected chi connectivity index (χ4v) is 2.95. The first-order valence-electron chi connectivity index (χ1n) is 9.59. The highest BCUT2D eigenvalue weighted by atomic mass is 16.5. The van der Waals surface area contributed by atoms with Crippen molar-refractivity contribution in [3.63, 3.8) is 0 Å². The molecule has 0 fully saturated rings. The summed E-state index contributed by atoms with van der Waals surface area (Å²) in [5.74, 6) is 1.22. The molecule has 0 atom stereocenters. The minimum atomic E-state index is -0.270. The van der Waals surface area contributed by atoms with Crippen LogP contribution in [0.1, 0.15) is 47.3 Å². The van der Waals surface area contributed by atoms with Gasteiger partial charge < -0.3 is 14.4 Å². The first-order valence-corrected chi connectivity index (χ1v) is 9.59. The second-order valence-electron chi connectivity index (χ2n) is 7.27. The van der Waals surface area contributed by atoms with Crippen LogP contribution in [0.15, 0.2) is 58.0 Å². The van der Waals surface area contributed by atoms with Gasteiger partial charge in [-0.15, -0.1) is 0 Å². The Morgan fingerprint density at radius 2 is 1.90 bits per heavy atom. The van der Waals surface area contributed by atoms with Crippen LogP contribution in [0.2, 0.25) is 0 Å². The molecule has 0 spiro atoms. The monoisotopic (exact) mass is 403 g/mol. The molecule has 0 bridgehead atoms. The molecule has 152 valence electrons. The van der Waals surface area contributed by atoms with Crippen molar-refractivity contribution in [3.8, 4) is 22.6 Å². The lowest BCUT2D eigenvalue weighted by molar-refractivity contribution is 0.0941. The summed E-state index contributed by atoms with van der Waals surface area (Å²) in [6.07, 6.45) is 3.21. The van der Waals surface area contributed by atoms with E-state index in [0.29, 0.717) is 18.1 Å². The van der Waals surface area contributed by atoms with Gasteiger partial charge in [0, 0.05) is 36.4 Å². The van der Waals surface area contributed by atoms with E-state index in [1.807, 2.05) is 51.1 Å². The average molecular weight is 403 g/mol. The van der Waals surface area contributed by atoms with Crippen molar-refractivity contribution >= 4 is 5.91 Å². The second kappa shape index (κ2) is 8.28. The van der Waals surface area contributed by atoms with Crippen LogP contribution in [0.25, 0.3) is 22.6 Å². The molecule has 0 saturated carbocycles. The number of carbonyl (C=O) groups is 1. The van der Waals surface area contributed by atoms with Crippen LogP contribution in [-0.2, 0) is 6.54 Å². The molecular formula is C22H21N5O3. The third kappa shape index (κ3) is 4.12. The molecule has 3 aromatic heterocycles. The summed E-state index contributed by atoms with van der Waals surface area (Å²) in [5.41, 5.74) is 4.45. The predicted octanol–water partition coefficient (Wildman–Crippen LogP) is 4.15. The van der Waals surface area contributed by atoms with Crippen LogP contribution in [0.3, 0.4) is 0 Å². The van der Waals surface area contributed by atoms with E-state index in [2.05, 4.69) is 25.6 Å². The van der Waals surface area contributed by atoms with Gasteiger partial charge in [0.1, 0.15) is 12.1 Å². The van der Waals surface area contributed by atoms with Crippen molar-refractivity contribution in [2.45, 2.75) is 33.2 Å². The van der Waals surface area contributed by atoms with Gasteiger partial charge in [0.25, 0.3) is 5.91 Å². The van der Waals surface area contributed by atoms with Crippen molar-refractivity contribution in [1.82, 2.24) is 25.6 Å². The van der Waals surface area contributed by atoms with E-state index in [0.717, 1.165) is 28.1 Å². The molecule has 0 aliphatic rings. The van der Waals surface area contributed by atoms with Crippen molar-refractivity contribution < 1.29 is 13.8 Å². The maximum absolute atomic E-state index is 12.3. The molecule has 3 heterocycles. The molecule has 0 aliphatic heterocycles. The van der Waals surface area contributed by atoms with E-state index in [9.17, 15) is 4.79 Å². The number of nitrogens with one attached hydrogen (secondary N) is 1. The Morgan fingerprint density at radius 1 is 1.10 bits per heavy atom. The molecule has 1 aromatic carbocycles. The van der Waals surface area contributed by atoms with Crippen LogP contribution in [0.5, 0.6) is 0 Å². The summed E-state index contributed by atoms with van der Waals surface area (Å²) < 4.78 is 10.5. The van der Waals surface area contributed by atoms with E-state index < -0.39 is 0 Å². The normalized spacial score (nSPS) is 11.1. The topological polar surface area (TPSA) is 107 Å². The van der Waals surface area contributed by atoms with Crippen LogP contribution in [0.4, 0.5) is 0 Å². The highest BCUT2D eigenvalue weighted by Gasteiger charge is 2.15. The molecule has 8 heteroatoms. The van der Waals surface area contributed by atoms with Crippen LogP contribution in [0, 0.1) is 6.92 Å². The summed E-state index contributed by atoms with van der Waals surface area (Å²) in [6.45, 7) is 6.20. The van der Waals surface area contributed by atoms with Gasteiger partial charge in [-0.25, -0.2) is 9.97 Å². The molecule has 0 radical (unpaired) electrons. The largest absolute Gasteiger partial charge is 0.360 e. The van der Waals surface area contributed by atoms with E-state index in [4.69, 9.17) is 9.05 Å². The van der Waals surface area contributed by atoms with Crippen molar-refractivity contribution in [2.24, 2.45) is 0 Å². The van der Waals surface area contributed by atoms with Crippen molar-refractivity contribution in [3.05, 3.63) is 71.6 Å². The molecule has 8 nitrogen and oxygen atoms in total. The number of rotatable bonds is 6. The lowest BCUT2D eigenvalue weighted by Crippen LogP contribution is -2.23. The summed E-state index contributed by atoms with van der Waals surface area (Å²) in [7, 11) is 0. The lowest BCUT2D eigenvalue weighted by atomic mass is 10.0. The first-order chi connectivity index (χ1) is 14.5. The Morgan fingerprint density at radius 3 is 2.57 bits per heavy atom. The average Bonchev–Trinajstić information content (AvgIpc) is 3.42. The zero-order chi connectivity index (χ0) is 21.1. The van der Waals surface area contributed by atoms with E-state index in [1.165, 1.54) is 6.33 Å². The van der Waals surface area contributed by atoms with Gasteiger partial charge in [0.05, 0.1) is 17.0 Å². The molecule has 30 heavy (non-hydrogen) atoms. The third-order valence-corrected chi connectivity index (χ3v) is 4.62. The number of aromatic nitrogens is 4. The van der Waals surface area contributed by atoms with Crippen LogP contribution in [-0.4, -0.2) is 26.2 Å². The summed E-state index contributed by atoms with van der Waals surface area (Å²) >= 11 is 0. The smallest absolute Gasteiger partial charge is 0.273 e. The third-order valence-electron chi connectivity index (χ3n) is 4.62. The highest BCUT2D eigenvalue weighted by Crippen LogP contribution is 2.30. The number of carbonyl (C=O) groups excluding carboxylic acids is 1. The Bertz CT molecular complexity index is 1160. The van der Waals surface area contributed by atoms with Crippen molar-refractivity contribution in [1.29, 1.82) is 0 Å². The van der Waals surface area contributed by atoms with Gasteiger partial charge in [-0.1, -0.05) is 48.4 Å². The number of aryl methyl sites for hydroxylation is 1. The summed E-state index contributed by atoms with van der Waals surface area (Å²) in [5, 5.41) is 10.6. The number of amides is 1.